The second-order valence-electron chi connectivity index (χ2n) is 5.72. The van der Waals surface area contributed by atoms with E-state index in [1.54, 1.807) is 0 Å². The van der Waals surface area contributed by atoms with Gasteiger partial charge in [-0.3, -0.25) is 0 Å². The van der Waals surface area contributed by atoms with E-state index in [2.05, 4.69) is 22.0 Å². The van der Waals surface area contributed by atoms with E-state index in [1.807, 2.05) is 12.1 Å². The third-order valence-electron chi connectivity index (χ3n) is 4.64. The molecule has 0 spiro atoms. The highest BCUT2D eigenvalue weighted by Gasteiger charge is 2.41. The van der Waals surface area contributed by atoms with Crippen LogP contribution in [0.2, 0.25) is 0 Å². The Bertz CT molecular complexity index is 606. The summed E-state index contributed by atoms with van der Waals surface area (Å²) < 4.78 is 2.21. The van der Waals surface area contributed by atoms with Crippen molar-refractivity contribution in [2.24, 2.45) is 0 Å². The van der Waals surface area contributed by atoms with Crippen molar-refractivity contribution in [3.8, 4) is 0 Å². The molecule has 1 aromatic heterocycles. The van der Waals surface area contributed by atoms with Crippen molar-refractivity contribution in [3.63, 3.8) is 0 Å². The zero-order valence-electron chi connectivity index (χ0n) is 10.9. The lowest BCUT2D eigenvalue weighted by Crippen LogP contribution is -2.24. The molecular formula is C15H19N3O. The summed E-state index contributed by atoms with van der Waals surface area (Å²) in [4.78, 5) is 4.84. The van der Waals surface area contributed by atoms with Crippen molar-refractivity contribution in [2.45, 2.75) is 43.8 Å². The third-order valence-corrected chi connectivity index (χ3v) is 4.64. The highest BCUT2D eigenvalue weighted by atomic mass is 16.3. The number of nitrogens with zero attached hydrogens (tertiary/aromatic N) is 2. The molecule has 2 aliphatic heterocycles. The van der Waals surface area contributed by atoms with Crippen LogP contribution in [0.15, 0.2) is 24.3 Å². The molecule has 0 aliphatic carbocycles. The number of para-hydroxylation sites is 2. The summed E-state index contributed by atoms with van der Waals surface area (Å²) in [5.41, 5.74) is 2.20. The highest BCUT2D eigenvalue weighted by molar-refractivity contribution is 5.76. The van der Waals surface area contributed by atoms with E-state index in [0.717, 1.165) is 16.9 Å². The number of hydrogen-bond acceptors (Lipinski definition) is 3. The van der Waals surface area contributed by atoms with Gasteiger partial charge in [0.2, 0.25) is 0 Å². The molecule has 4 heteroatoms. The van der Waals surface area contributed by atoms with Crippen molar-refractivity contribution in [3.05, 3.63) is 30.1 Å². The van der Waals surface area contributed by atoms with E-state index < -0.39 is 0 Å². The summed E-state index contributed by atoms with van der Waals surface area (Å²) in [5.74, 6) is 1.67. The van der Waals surface area contributed by atoms with Gasteiger partial charge in [-0.25, -0.2) is 4.98 Å². The molecule has 3 atom stereocenters. The molecule has 0 saturated carbocycles. The molecule has 2 aliphatic rings. The molecule has 0 amide bonds. The fraction of sp³-hybridized carbons (Fsp3) is 0.533. The van der Waals surface area contributed by atoms with E-state index in [0.29, 0.717) is 24.5 Å². The van der Waals surface area contributed by atoms with Gasteiger partial charge in [0.15, 0.2) is 0 Å². The highest BCUT2D eigenvalue weighted by Crippen LogP contribution is 2.40. The predicted molar refractivity (Wildman–Crippen MR) is 74.1 cm³/mol. The molecule has 2 bridgehead atoms. The molecule has 4 nitrogen and oxygen atoms in total. The van der Waals surface area contributed by atoms with Crippen LogP contribution < -0.4 is 5.32 Å². The van der Waals surface area contributed by atoms with Gasteiger partial charge in [0, 0.05) is 24.5 Å². The molecule has 2 saturated heterocycles. The summed E-state index contributed by atoms with van der Waals surface area (Å²) in [6.07, 6.45) is 3.76. The van der Waals surface area contributed by atoms with Gasteiger partial charge in [0.25, 0.3) is 0 Å². The first-order valence-corrected chi connectivity index (χ1v) is 7.19. The molecular weight excluding hydrogens is 238 g/mol. The van der Waals surface area contributed by atoms with Crippen molar-refractivity contribution < 1.29 is 5.11 Å². The summed E-state index contributed by atoms with van der Waals surface area (Å²) in [5, 5.41) is 13.0. The van der Waals surface area contributed by atoms with Crippen LogP contribution in [-0.2, 0) is 6.54 Å². The van der Waals surface area contributed by atoms with E-state index in [4.69, 9.17) is 4.98 Å². The van der Waals surface area contributed by atoms with Crippen molar-refractivity contribution >= 4 is 11.0 Å². The first-order chi connectivity index (χ1) is 9.36. The van der Waals surface area contributed by atoms with E-state index in [1.165, 1.54) is 19.3 Å². The third kappa shape index (κ3) is 1.70. The normalized spacial score (nSPS) is 29.4. The van der Waals surface area contributed by atoms with Crippen LogP contribution in [0.25, 0.3) is 11.0 Å². The molecule has 4 rings (SSSR count). The number of fused-ring (bicyclic) bond motifs is 3. The minimum atomic E-state index is 0.168. The van der Waals surface area contributed by atoms with E-state index >= 15 is 0 Å². The second kappa shape index (κ2) is 4.32. The van der Waals surface area contributed by atoms with Crippen molar-refractivity contribution in [1.82, 2.24) is 14.9 Å². The quantitative estimate of drug-likeness (QED) is 0.879. The van der Waals surface area contributed by atoms with Crippen LogP contribution in [0, 0.1) is 0 Å². The number of benzene rings is 1. The van der Waals surface area contributed by atoms with E-state index in [-0.39, 0.29) is 6.61 Å². The average Bonchev–Trinajstić information content (AvgIpc) is 3.12. The summed E-state index contributed by atoms with van der Waals surface area (Å²) in [6.45, 7) is 0.811. The number of aromatic nitrogens is 2. The Kier molecular flexibility index (Phi) is 2.60. The van der Waals surface area contributed by atoms with Gasteiger partial charge in [-0.15, -0.1) is 0 Å². The maximum absolute atomic E-state index is 9.33. The van der Waals surface area contributed by atoms with Crippen molar-refractivity contribution in [1.29, 1.82) is 0 Å². The number of imidazole rings is 1. The number of hydrogen-bond donors (Lipinski definition) is 2. The van der Waals surface area contributed by atoms with Crippen LogP contribution in [0.1, 0.15) is 31.0 Å². The number of aliphatic hydroxyl groups is 1. The molecule has 3 unspecified atom stereocenters. The maximum atomic E-state index is 9.33. The standard InChI is InChI=1S/C15H19N3O/c19-8-7-18-14-4-2-1-3-13(14)17-15(18)11-9-10-5-6-12(11)16-10/h1-4,10-12,16,19H,5-9H2. The predicted octanol–water partition coefficient (Wildman–Crippen LogP) is 1.64. The van der Waals surface area contributed by atoms with Gasteiger partial charge in [0.1, 0.15) is 5.82 Å². The summed E-state index contributed by atoms with van der Waals surface area (Å²) in [7, 11) is 0. The fourth-order valence-corrected chi connectivity index (χ4v) is 3.82. The van der Waals surface area contributed by atoms with Crippen molar-refractivity contribution in [2.75, 3.05) is 6.61 Å². The Morgan fingerprint density at radius 1 is 1.32 bits per heavy atom. The molecule has 0 radical (unpaired) electrons. The summed E-state index contributed by atoms with van der Waals surface area (Å²) >= 11 is 0. The molecule has 3 heterocycles. The molecule has 2 aromatic rings. The van der Waals surface area contributed by atoms with Gasteiger partial charge in [-0.2, -0.15) is 0 Å². The Balaban J connectivity index is 1.82. The lowest BCUT2D eigenvalue weighted by Gasteiger charge is -2.20. The fourth-order valence-electron chi connectivity index (χ4n) is 3.82. The van der Waals surface area contributed by atoms with Gasteiger partial charge < -0.3 is 15.0 Å². The molecule has 2 N–H and O–H groups in total. The van der Waals surface area contributed by atoms with E-state index in [9.17, 15) is 5.11 Å². The Labute approximate surface area is 112 Å². The zero-order valence-corrected chi connectivity index (χ0v) is 10.9. The second-order valence-corrected chi connectivity index (χ2v) is 5.72. The van der Waals surface area contributed by atoms with Crippen LogP contribution in [0.3, 0.4) is 0 Å². The molecule has 1 aromatic carbocycles. The zero-order chi connectivity index (χ0) is 12.8. The largest absolute Gasteiger partial charge is 0.395 e. The number of nitrogens with one attached hydrogen (secondary N) is 1. The lowest BCUT2D eigenvalue weighted by atomic mass is 9.88. The van der Waals surface area contributed by atoms with Gasteiger partial charge in [-0.05, 0) is 31.4 Å². The first kappa shape index (κ1) is 11.4. The monoisotopic (exact) mass is 257 g/mol. The molecule has 19 heavy (non-hydrogen) atoms. The average molecular weight is 257 g/mol. The van der Waals surface area contributed by atoms with Crippen LogP contribution in [0.5, 0.6) is 0 Å². The number of aliphatic hydroxyl groups excluding tert-OH is 1. The van der Waals surface area contributed by atoms with Crippen LogP contribution in [0.4, 0.5) is 0 Å². The van der Waals surface area contributed by atoms with Crippen LogP contribution >= 0.6 is 0 Å². The summed E-state index contributed by atoms with van der Waals surface area (Å²) in [6, 6.07) is 9.49. The minimum Gasteiger partial charge on any atom is -0.395 e. The SMILES string of the molecule is OCCn1c(C2CC3CCC2N3)nc2ccccc21. The van der Waals surface area contributed by atoms with Crippen LogP contribution in [-0.4, -0.2) is 33.3 Å². The Morgan fingerprint density at radius 3 is 2.95 bits per heavy atom. The lowest BCUT2D eigenvalue weighted by molar-refractivity contribution is 0.274. The van der Waals surface area contributed by atoms with Gasteiger partial charge in [0.05, 0.1) is 17.6 Å². The first-order valence-electron chi connectivity index (χ1n) is 7.19. The molecule has 100 valence electrons. The Hall–Kier alpha value is -1.39. The minimum absolute atomic E-state index is 0.168. The Morgan fingerprint density at radius 2 is 2.21 bits per heavy atom. The topological polar surface area (TPSA) is 50.1 Å². The smallest absolute Gasteiger partial charge is 0.114 e. The van der Waals surface area contributed by atoms with Gasteiger partial charge in [-0.1, -0.05) is 12.1 Å². The molecule has 2 fully saturated rings. The van der Waals surface area contributed by atoms with Gasteiger partial charge >= 0.3 is 0 Å². The number of rotatable bonds is 3. The maximum Gasteiger partial charge on any atom is 0.114 e.